The van der Waals surface area contributed by atoms with Gasteiger partial charge in [0.25, 0.3) is 0 Å². The van der Waals surface area contributed by atoms with Crippen LogP contribution in [0.3, 0.4) is 0 Å². The largest absolute Gasteiger partial charge is 0.335 e. The van der Waals surface area contributed by atoms with Crippen molar-refractivity contribution < 1.29 is 13.6 Å². The summed E-state index contributed by atoms with van der Waals surface area (Å²) in [4.78, 5) is 15.4. The highest BCUT2D eigenvalue weighted by molar-refractivity contribution is 5.90. The summed E-state index contributed by atoms with van der Waals surface area (Å²) in [6.45, 7) is 1.91. The molecule has 0 aliphatic carbocycles. The van der Waals surface area contributed by atoms with Crippen LogP contribution in [-0.4, -0.2) is 10.9 Å². The van der Waals surface area contributed by atoms with E-state index in [0.717, 1.165) is 18.6 Å². The maximum atomic E-state index is 13.5. The number of carbonyl (C=O) groups is 1. The number of anilines is 3. The van der Waals surface area contributed by atoms with Crippen LogP contribution in [0.2, 0.25) is 0 Å². The SMILES string of the molecule is CCCC(=O)Nc1ccc(Nc2c(F)cccc2F)nc1. The Morgan fingerprint density at radius 1 is 1.19 bits per heavy atom. The molecule has 0 spiro atoms. The zero-order valence-electron chi connectivity index (χ0n) is 11.5. The van der Waals surface area contributed by atoms with Crippen LogP contribution < -0.4 is 10.6 Å². The van der Waals surface area contributed by atoms with Gasteiger partial charge in [-0.15, -0.1) is 0 Å². The van der Waals surface area contributed by atoms with E-state index < -0.39 is 11.6 Å². The lowest BCUT2D eigenvalue weighted by Gasteiger charge is -2.09. The van der Waals surface area contributed by atoms with Crippen LogP contribution in [0, 0.1) is 11.6 Å². The molecule has 0 fully saturated rings. The van der Waals surface area contributed by atoms with Gasteiger partial charge in [-0.05, 0) is 30.7 Å². The van der Waals surface area contributed by atoms with E-state index in [2.05, 4.69) is 15.6 Å². The fourth-order valence-corrected chi connectivity index (χ4v) is 1.74. The lowest BCUT2D eigenvalue weighted by Crippen LogP contribution is -2.10. The van der Waals surface area contributed by atoms with Gasteiger partial charge in [-0.25, -0.2) is 13.8 Å². The molecule has 1 heterocycles. The molecule has 0 saturated heterocycles. The number of para-hydroxylation sites is 1. The van der Waals surface area contributed by atoms with E-state index in [0.29, 0.717) is 12.1 Å². The van der Waals surface area contributed by atoms with Gasteiger partial charge in [-0.2, -0.15) is 0 Å². The van der Waals surface area contributed by atoms with Crippen LogP contribution in [0.4, 0.5) is 26.0 Å². The molecule has 0 atom stereocenters. The van der Waals surface area contributed by atoms with Crippen molar-refractivity contribution in [2.75, 3.05) is 10.6 Å². The number of nitrogens with zero attached hydrogens (tertiary/aromatic N) is 1. The summed E-state index contributed by atoms with van der Waals surface area (Å²) in [6.07, 6.45) is 2.61. The average molecular weight is 291 g/mol. The molecule has 2 aromatic rings. The lowest BCUT2D eigenvalue weighted by atomic mass is 10.3. The van der Waals surface area contributed by atoms with Gasteiger partial charge < -0.3 is 10.6 Å². The summed E-state index contributed by atoms with van der Waals surface area (Å²) in [5.74, 6) is -1.21. The second-order valence-corrected chi connectivity index (χ2v) is 4.45. The van der Waals surface area contributed by atoms with E-state index in [4.69, 9.17) is 0 Å². The van der Waals surface area contributed by atoms with Crippen molar-refractivity contribution in [3.63, 3.8) is 0 Å². The smallest absolute Gasteiger partial charge is 0.224 e. The van der Waals surface area contributed by atoms with Crippen LogP contribution in [0.15, 0.2) is 36.5 Å². The van der Waals surface area contributed by atoms with Gasteiger partial charge >= 0.3 is 0 Å². The standard InChI is InChI=1S/C15H15F2N3O/c1-2-4-14(21)19-10-7-8-13(18-9-10)20-15-11(16)5-3-6-12(15)17/h3,5-9H,2,4H2,1H3,(H,18,20)(H,19,21). The van der Waals surface area contributed by atoms with Crippen LogP contribution in [0.25, 0.3) is 0 Å². The number of rotatable bonds is 5. The first-order chi connectivity index (χ1) is 10.1. The van der Waals surface area contributed by atoms with Gasteiger partial charge in [0, 0.05) is 6.42 Å². The van der Waals surface area contributed by atoms with E-state index in [-0.39, 0.29) is 17.4 Å². The van der Waals surface area contributed by atoms with E-state index in [1.807, 2.05) is 6.92 Å². The van der Waals surface area contributed by atoms with Gasteiger partial charge in [0.1, 0.15) is 23.1 Å². The second kappa shape index (κ2) is 6.78. The van der Waals surface area contributed by atoms with Crippen molar-refractivity contribution in [1.82, 2.24) is 4.98 Å². The third-order valence-corrected chi connectivity index (χ3v) is 2.74. The minimum absolute atomic E-state index is 0.0971. The molecule has 2 N–H and O–H groups in total. The first kappa shape index (κ1) is 14.9. The van der Waals surface area contributed by atoms with Gasteiger partial charge in [0.05, 0.1) is 11.9 Å². The molecule has 0 aliphatic heterocycles. The predicted octanol–water partition coefficient (Wildman–Crippen LogP) is 3.84. The zero-order chi connectivity index (χ0) is 15.2. The van der Waals surface area contributed by atoms with Crippen molar-refractivity contribution in [2.45, 2.75) is 19.8 Å². The molecule has 2 rings (SSSR count). The summed E-state index contributed by atoms with van der Waals surface area (Å²) < 4.78 is 27.0. The lowest BCUT2D eigenvalue weighted by molar-refractivity contribution is -0.116. The Bertz CT molecular complexity index is 609. The van der Waals surface area contributed by atoms with Crippen molar-refractivity contribution >= 4 is 23.1 Å². The van der Waals surface area contributed by atoms with Gasteiger partial charge in [0.2, 0.25) is 5.91 Å². The molecule has 1 amide bonds. The molecule has 110 valence electrons. The molecule has 6 heteroatoms. The zero-order valence-corrected chi connectivity index (χ0v) is 11.5. The van der Waals surface area contributed by atoms with E-state index in [1.54, 1.807) is 6.07 Å². The molecule has 21 heavy (non-hydrogen) atoms. The van der Waals surface area contributed by atoms with Crippen molar-refractivity contribution in [3.05, 3.63) is 48.2 Å². The molecule has 0 radical (unpaired) electrons. The number of hydrogen-bond acceptors (Lipinski definition) is 3. The van der Waals surface area contributed by atoms with E-state index in [9.17, 15) is 13.6 Å². The number of hydrogen-bond donors (Lipinski definition) is 2. The Morgan fingerprint density at radius 3 is 2.48 bits per heavy atom. The Kier molecular flexibility index (Phi) is 4.81. The minimum atomic E-state index is -0.697. The number of carbonyl (C=O) groups excluding carboxylic acids is 1. The summed E-state index contributed by atoms with van der Waals surface area (Å²) in [7, 11) is 0. The molecule has 0 saturated carbocycles. The quantitative estimate of drug-likeness (QED) is 0.880. The summed E-state index contributed by atoms with van der Waals surface area (Å²) >= 11 is 0. The fourth-order valence-electron chi connectivity index (χ4n) is 1.74. The van der Waals surface area contributed by atoms with E-state index >= 15 is 0 Å². The molecule has 0 aliphatic rings. The summed E-state index contributed by atoms with van der Waals surface area (Å²) in [6, 6.07) is 6.75. The predicted molar refractivity (Wildman–Crippen MR) is 77.4 cm³/mol. The highest BCUT2D eigenvalue weighted by Crippen LogP contribution is 2.22. The molecular weight excluding hydrogens is 276 g/mol. The van der Waals surface area contributed by atoms with E-state index in [1.165, 1.54) is 18.3 Å². The summed E-state index contributed by atoms with van der Waals surface area (Å²) in [5.41, 5.74) is 0.278. The second-order valence-electron chi connectivity index (χ2n) is 4.45. The number of benzene rings is 1. The Hall–Kier alpha value is -2.50. The molecule has 0 unspecified atom stereocenters. The normalized spacial score (nSPS) is 10.2. The molecule has 1 aromatic heterocycles. The fraction of sp³-hybridized carbons (Fsp3) is 0.200. The Morgan fingerprint density at radius 2 is 1.90 bits per heavy atom. The average Bonchev–Trinajstić information content (AvgIpc) is 2.45. The molecule has 1 aromatic carbocycles. The monoisotopic (exact) mass is 291 g/mol. The Labute approximate surface area is 121 Å². The van der Waals surface area contributed by atoms with Crippen molar-refractivity contribution in [1.29, 1.82) is 0 Å². The Balaban J connectivity index is 2.07. The first-order valence-electron chi connectivity index (χ1n) is 6.57. The van der Waals surface area contributed by atoms with Crippen LogP contribution in [0.1, 0.15) is 19.8 Å². The summed E-state index contributed by atoms with van der Waals surface area (Å²) in [5, 5.41) is 5.25. The van der Waals surface area contributed by atoms with Crippen molar-refractivity contribution in [2.24, 2.45) is 0 Å². The van der Waals surface area contributed by atoms with Crippen molar-refractivity contribution in [3.8, 4) is 0 Å². The number of nitrogens with one attached hydrogen (secondary N) is 2. The van der Waals surface area contributed by atoms with Gasteiger partial charge in [0.15, 0.2) is 0 Å². The number of aromatic nitrogens is 1. The van der Waals surface area contributed by atoms with Crippen LogP contribution in [-0.2, 0) is 4.79 Å². The highest BCUT2D eigenvalue weighted by Gasteiger charge is 2.09. The number of amides is 1. The van der Waals surface area contributed by atoms with Crippen LogP contribution >= 0.6 is 0 Å². The first-order valence-corrected chi connectivity index (χ1v) is 6.57. The third-order valence-electron chi connectivity index (χ3n) is 2.74. The van der Waals surface area contributed by atoms with Crippen LogP contribution in [0.5, 0.6) is 0 Å². The third kappa shape index (κ3) is 3.98. The molecular formula is C15H15F2N3O. The number of pyridine rings is 1. The molecule has 4 nitrogen and oxygen atoms in total. The van der Waals surface area contributed by atoms with Gasteiger partial charge in [-0.1, -0.05) is 13.0 Å². The maximum absolute atomic E-state index is 13.5. The van der Waals surface area contributed by atoms with Gasteiger partial charge in [-0.3, -0.25) is 4.79 Å². The number of halogens is 2. The molecule has 0 bridgehead atoms. The highest BCUT2D eigenvalue weighted by atomic mass is 19.1. The topological polar surface area (TPSA) is 54.0 Å². The maximum Gasteiger partial charge on any atom is 0.224 e. The minimum Gasteiger partial charge on any atom is -0.335 e.